The van der Waals surface area contributed by atoms with Gasteiger partial charge in [-0.2, -0.15) is 0 Å². The molecule has 1 rings (SSSR count). The van der Waals surface area contributed by atoms with Crippen LogP contribution in [0.3, 0.4) is 0 Å². The van der Waals surface area contributed by atoms with Crippen LogP contribution in [0.2, 0.25) is 0 Å². The second-order valence-corrected chi connectivity index (χ2v) is 4.81. The van der Waals surface area contributed by atoms with Gasteiger partial charge in [-0.05, 0) is 28.1 Å². The van der Waals surface area contributed by atoms with Crippen LogP contribution in [-0.2, 0) is 10.0 Å². The summed E-state index contributed by atoms with van der Waals surface area (Å²) in [7, 11) is -3.20. The summed E-state index contributed by atoms with van der Waals surface area (Å²) in [6.07, 6.45) is 1.10. The van der Waals surface area contributed by atoms with Crippen LogP contribution in [0, 0.1) is 6.07 Å². The quantitative estimate of drug-likeness (QED) is 0.865. The normalized spacial score (nSPS) is 11.2. The summed E-state index contributed by atoms with van der Waals surface area (Å²) in [4.78, 5) is 0. The van der Waals surface area contributed by atoms with E-state index in [0.29, 0.717) is 10.2 Å². The largest absolute Gasteiger partial charge is 0.283 e. The molecule has 12 heavy (non-hydrogen) atoms. The molecular formula is C7H7BrNO2S. The molecule has 1 radical (unpaired) electrons. The van der Waals surface area contributed by atoms with Crippen molar-refractivity contribution in [1.29, 1.82) is 0 Å². The van der Waals surface area contributed by atoms with E-state index < -0.39 is 10.0 Å². The smallest absolute Gasteiger partial charge is 0.229 e. The highest BCUT2D eigenvalue weighted by molar-refractivity contribution is 9.10. The summed E-state index contributed by atoms with van der Waals surface area (Å²) >= 11 is 3.17. The zero-order chi connectivity index (χ0) is 9.19. The van der Waals surface area contributed by atoms with Crippen molar-refractivity contribution in [2.24, 2.45) is 0 Å². The van der Waals surface area contributed by atoms with Crippen molar-refractivity contribution in [3.05, 3.63) is 28.7 Å². The third-order valence-electron chi connectivity index (χ3n) is 1.10. The van der Waals surface area contributed by atoms with Crippen molar-refractivity contribution in [2.75, 3.05) is 11.0 Å². The van der Waals surface area contributed by atoms with E-state index in [1.54, 1.807) is 18.2 Å². The number of nitrogens with one attached hydrogen (secondary N) is 1. The van der Waals surface area contributed by atoms with Crippen molar-refractivity contribution >= 4 is 31.6 Å². The third kappa shape index (κ3) is 2.83. The summed E-state index contributed by atoms with van der Waals surface area (Å²) in [6.45, 7) is 0. The molecule has 1 aromatic carbocycles. The first kappa shape index (κ1) is 9.54. The highest BCUT2D eigenvalue weighted by atomic mass is 79.9. The number of anilines is 1. The standard InChI is InChI=1S/C7H7BrNO2S/c1-12(10,11)9-7-5-3-2-4-6(7)8/h2-3,5,9H,1H3. The average Bonchev–Trinajstić information content (AvgIpc) is 1.91. The molecule has 1 N–H and O–H groups in total. The molecule has 0 aliphatic heterocycles. The molecule has 0 spiro atoms. The predicted molar refractivity (Wildman–Crippen MR) is 51.4 cm³/mol. The molecule has 0 heterocycles. The van der Waals surface area contributed by atoms with E-state index in [1.165, 1.54) is 0 Å². The van der Waals surface area contributed by atoms with Gasteiger partial charge in [0.1, 0.15) is 0 Å². The van der Waals surface area contributed by atoms with Crippen LogP contribution in [0.4, 0.5) is 5.69 Å². The minimum Gasteiger partial charge on any atom is -0.283 e. The Morgan fingerprint density at radius 3 is 2.75 bits per heavy atom. The summed E-state index contributed by atoms with van der Waals surface area (Å²) in [6, 6.07) is 7.87. The Labute approximate surface area is 80.0 Å². The van der Waals surface area contributed by atoms with E-state index in [2.05, 4.69) is 26.7 Å². The molecule has 3 nitrogen and oxygen atoms in total. The van der Waals surface area contributed by atoms with Gasteiger partial charge in [0.05, 0.1) is 11.9 Å². The summed E-state index contributed by atoms with van der Waals surface area (Å²) < 4.78 is 24.6. The summed E-state index contributed by atoms with van der Waals surface area (Å²) in [5.41, 5.74) is 0.500. The van der Waals surface area contributed by atoms with Gasteiger partial charge in [-0.25, -0.2) is 8.42 Å². The molecule has 65 valence electrons. The van der Waals surface area contributed by atoms with E-state index in [4.69, 9.17) is 0 Å². The maximum Gasteiger partial charge on any atom is 0.229 e. The maximum atomic E-state index is 10.8. The van der Waals surface area contributed by atoms with Crippen molar-refractivity contribution < 1.29 is 8.42 Å². The van der Waals surface area contributed by atoms with Crippen LogP contribution in [0.5, 0.6) is 0 Å². The van der Waals surface area contributed by atoms with Crippen molar-refractivity contribution in [1.82, 2.24) is 0 Å². The lowest BCUT2D eigenvalue weighted by atomic mass is 10.3. The Morgan fingerprint density at radius 1 is 1.58 bits per heavy atom. The molecule has 0 bridgehead atoms. The Balaban J connectivity index is 2.98. The van der Waals surface area contributed by atoms with Crippen LogP contribution in [0.25, 0.3) is 0 Å². The second kappa shape index (κ2) is 3.45. The lowest BCUT2D eigenvalue weighted by Gasteiger charge is -2.04. The van der Waals surface area contributed by atoms with E-state index >= 15 is 0 Å². The Hall–Kier alpha value is -0.550. The molecular weight excluding hydrogens is 242 g/mol. The van der Waals surface area contributed by atoms with E-state index in [1.807, 2.05) is 0 Å². The topological polar surface area (TPSA) is 46.2 Å². The van der Waals surface area contributed by atoms with Crippen LogP contribution in [0.15, 0.2) is 22.7 Å². The molecule has 0 fully saturated rings. The fraction of sp³-hybridized carbons (Fsp3) is 0.143. The van der Waals surface area contributed by atoms with Crippen LogP contribution in [-0.4, -0.2) is 14.7 Å². The first-order chi connectivity index (χ1) is 5.49. The molecule has 0 atom stereocenters. The van der Waals surface area contributed by atoms with Gasteiger partial charge < -0.3 is 0 Å². The number of hydrogen-bond acceptors (Lipinski definition) is 2. The Kier molecular flexibility index (Phi) is 2.74. The highest BCUT2D eigenvalue weighted by Gasteiger charge is 2.03. The Bertz CT molecular complexity index is 375. The number of benzene rings is 1. The zero-order valence-corrected chi connectivity index (χ0v) is 8.74. The minimum atomic E-state index is -3.20. The third-order valence-corrected chi connectivity index (χ3v) is 2.35. The van der Waals surface area contributed by atoms with Gasteiger partial charge in [-0.15, -0.1) is 0 Å². The molecule has 0 aliphatic rings. The van der Waals surface area contributed by atoms with Crippen LogP contribution in [0.1, 0.15) is 0 Å². The fourth-order valence-electron chi connectivity index (χ4n) is 0.695. The molecule has 0 amide bonds. The van der Waals surface area contributed by atoms with Crippen LogP contribution < -0.4 is 4.72 Å². The average molecular weight is 249 g/mol. The molecule has 0 aliphatic carbocycles. The predicted octanol–water partition coefficient (Wildman–Crippen LogP) is 1.62. The summed E-state index contributed by atoms with van der Waals surface area (Å²) in [5, 5.41) is 0. The first-order valence-corrected chi connectivity index (χ1v) is 5.81. The lowest BCUT2D eigenvalue weighted by molar-refractivity contribution is 0.607. The maximum absolute atomic E-state index is 10.8. The van der Waals surface area contributed by atoms with Gasteiger partial charge in [0, 0.05) is 4.47 Å². The SMILES string of the molecule is CS(=O)(=O)Nc1ccc[c]c1Br. The van der Waals surface area contributed by atoms with Gasteiger partial charge in [-0.3, -0.25) is 4.72 Å². The van der Waals surface area contributed by atoms with Crippen LogP contribution >= 0.6 is 15.9 Å². The van der Waals surface area contributed by atoms with E-state index in [-0.39, 0.29) is 0 Å². The minimum absolute atomic E-state index is 0.500. The molecule has 0 aromatic heterocycles. The zero-order valence-electron chi connectivity index (χ0n) is 6.33. The number of rotatable bonds is 2. The second-order valence-electron chi connectivity index (χ2n) is 2.27. The van der Waals surface area contributed by atoms with E-state index in [0.717, 1.165) is 6.26 Å². The fourth-order valence-corrected chi connectivity index (χ4v) is 1.76. The monoisotopic (exact) mass is 248 g/mol. The lowest BCUT2D eigenvalue weighted by Crippen LogP contribution is -2.09. The number of halogens is 1. The number of hydrogen-bond donors (Lipinski definition) is 1. The van der Waals surface area contributed by atoms with Crippen molar-refractivity contribution in [3.63, 3.8) is 0 Å². The first-order valence-electron chi connectivity index (χ1n) is 3.13. The van der Waals surface area contributed by atoms with Gasteiger partial charge in [0.15, 0.2) is 0 Å². The summed E-state index contributed by atoms with van der Waals surface area (Å²) in [5.74, 6) is 0. The molecule has 0 saturated heterocycles. The molecule has 0 saturated carbocycles. The van der Waals surface area contributed by atoms with Gasteiger partial charge in [-0.1, -0.05) is 12.1 Å². The van der Waals surface area contributed by atoms with E-state index in [9.17, 15) is 8.42 Å². The van der Waals surface area contributed by atoms with Gasteiger partial charge in [0.2, 0.25) is 10.0 Å². The molecule has 0 unspecified atom stereocenters. The van der Waals surface area contributed by atoms with Crippen molar-refractivity contribution in [2.45, 2.75) is 0 Å². The number of sulfonamides is 1. The Morgan fingerprint density at radius 2 is 2.25 bits per heavy atom. The van der Waals surface area contributed by atoms with Crippen molar-refractivity contribution in [3.8, 4) is 0 Å². The van der Waals surface area contributed by atoms with Gasteiger partial charge in [0.25, 0.3) is 0 Å². The molecule has 1 aromatic rings. The van der Waals surface area contributed by atoms with Gasteiger partial charge >= 0.3 is 0 Å². The highest BCUT2D eigenvalue weighted by Crippen LogP contribution is 2.21. The molecule has 5 heteroatoms.